The van der Waals surface area contributed by atoms with Gasteiger partial charge in [0.15, 0.2) is 0 Å². The molecule has 0 unspecified atom stereocenters. The van der Waals surface area contributed by atoms with Crippen LogP contribution in [-0.2, 0) is 4.79 Å². The summed E-state index contributed by atoms with van der Waals surface area (Å²) in [6.07, 6.45) is 0.278. The molecule has 0 aliphatic rings. The topological polar surface area (TPSA) is 89.8 Å². The van der Waals surface area contributed by atoms with Crippen molar-refractivity contribution in [2.75, 3.05) is 26.3 Å². The Morgan fingerprint density at radius 2 is 1.64 bits per heavy atom. The molecule has 0 amide bonds. The molecule has 0 atom stereocenters. The van der Waals surface area contributed by atoms with Crippen LogP contribution < -0.4 is 5.32 Å². The van der Waals surface area contributed by atoms with Crippen LogP contribution >= 0.6 is 0 Å². The number of hydrogen-bond acceptors (Lipinski definition) is 4. The van der Waals surface area contributed by atoms with Crippen molar-refractivity contribution in [3.05, 3.63) is 0 Å². The first-order chi connectivity index (χ1) is 6.54. The lowest BCUT2D eigenvalue weighted by Crippen LogP contribution is -2.21. The van der Waals surface area contributed by atoms with E-state index in [1.54, 1.807) is 0 Å². The Bertz CT molecular complexity index is 124. The molecular weight excluding hydrogens is 186 g/mol. The van der Waals surface area contributed by atoms with E-state index < -0.39 is 5.97 Å². The molecule has 4 N–H and O–H groups in total. The van der Waals surface area contributed by atoms with Gasteiger partial charge in [-0.2, -0.15) is 0 Å². The second kappa shape index (κ2) is 12.3. The van der Waals surface area contributed by atoms with E-state index in [0.29, 0.717) is 13.1 Å². The summed E-state index contributed by atoms with van der Waals surface area (Å²) in [5.41, 5.74) is 0. The van der Waals surface area contributed by atoms with E-state index in [4.69, 9.17) is 15.3 Å². The molecule has 5 nitrogen and oxygen atoms in total. The molecule has 0 rings (SSSR count). The van der Waals surface area contributed by atoms with E-state index in [1.807, 2.05) is 13.8 Å². The molecule has 0 aliphatic carbocycles. The zero-order chi connectivity index (χ0) is 11.4. The van der Waals surface area contributed by atoms with Crippen molar-refractivity contribution in [1.29, 1.82) is 0 Å². The lowest BCUT2D eigenvalue weighted by molar-refractivity contribution is -0.137. The van der Waals surface area contributed by atoms with Crippen LogP contribution in [0, 0.1) is 5.92 Å². The first kappa shape index (κ1) is 15.8. The molecule has 0 aromatic rings. The fourth-order valence-electron chi connectivity index (χ4n) is 0.632. The van der Waals surface area contributed by atoms with E-state index in [2.05, 4.69) is 5.32 Å². The lowest BCUT2D eigenvalue weighted by atomic mass is 10.1. The van der Waals surface area contributed by atoms with E-state index in [9.17, 15) is 4.79 Å². The second-order valence-electron chi connectivity index (χ2n) is 3.19. The zero-order valence-electron chi connectivity index (χ0n) is 8.86. The Morgan fingerprint density at radius 1 is 1.21 bits per heavy atom. The van der Waals surface area contributed by atoms with Crippen LogP contribution in [0.5, 0.6) is 0 Å². The number of nitrogens with one attached hydrogen (secondary N) is 1. The highest BCUT2D eigenvalue weighted by Gasteiger charge is 1.98. The minimum atomic E-state index is -0.713. The molecule has 0 bridgehead atoms. The van der Waals surface area contributed by atoms with Crippen molar-refractivity contribution < 1.29 is 20.1 Å². The van der Waals surface area contributed by atoms with Crippen LogP contribution in [0.2, 0.25) is 0 Å². The van der Waals surface area contributed by atoms with Crippen molar-refractivity contribution in [3.8, 4) is 0 Å². The van der Waals surface area contributed by atoms with Crippen molar-refractivity contribution in [3.63, 3.8) is 0 Å². The summed E-state index contributed by atoms with van der Waals surface area (Å²) in [6, 6.07) is 0. The van der Waals surface area contributed by atoms with E-state index in [0.717, 1.165) is 0 Å². The van der Waals surface area contributed by atoms with Crippen LogP contribution in [0.4, 0.5) is 0 Å². The number of rotatable bonds is 6. The lowest BCUT2D eigenvalue weighted by Gasteiger charge is -1.94. The van der Waals surface area contributed by atoms with Gasteiger partial charge in [-0.15, -0.1) is 0 Å². The maximum absolute atomic E-state index is 9.81. The van der Waals surface area contributed by atoms with Gasteiger partial charge in [-0.1, -0.05) is 13.8 Å². The molecule has 5 heteroatoms. The Kier molecular flexibility index (Phi) is 13.9. The molecule has 14 heavy (non-hydrogen) atoms. The fourth-order valence-corrected chi connectivity index (χ4v) is 0.632. The van der Waals surface area contributed by atoms with Crippen LogP contribution in [0.15, 0.2) is 0 Å². The first-order valence-electron chi connectivity index (χ1n) is 4.68. The van der Waals surface area contributed by atoms with Crippen molar-refractivity contribution in [1.82, 2.24) is 5.32 Å². The maximum atomic E-state index is 9.81. The predicted molar refractivity (Wildman–Crippen MR) is 54.1 cm³/mol. The van der Waals surface area contributed by atoms with Crippen LogP contribution in [0.1, 0.15) is 20.3 Å². The van der Waals surface area contributed by atoms with Crippen LogP contribution in [-0.4, -0.2) is 47.6 Å². The summed E-state index contributed by atoms with van der Waals surface area (Å²) >= 11 is 0. The molecule has 0 heterocycles. The summed E-state index contributed by atoms with van der Waals surface area (Å²) in [7, 11) is 0. The minimum Gasteiger partial charge on any atom is -0.481 e. The normalized spacial score (nSPS) is 9.50. The zero-order valence-corrected chi connectivity index (χ0v) is 8.86. The van der Waals surface area contributed by atoms with Crippen LogP contribution in [0.25, 0.3) is 0 Å². The average molecular weight is 207 g/mol. The average Bonchev–Trinajstić information content (AvgIpc) is 2.04. The first-order valence-corrected chi connectivity index (χ1v) is 4.68. The van der Waals surface area contributed by atoms with Crippen molar-refractivity contribution in [2.24, 2.45) is 5.92 Å². The smallest absolute Gasteiger partial charge is 0.303 e. The highest BCUT2D eigenvalue weighted by Crippen LogP contribution is 1.96. The Labute approximate surface area is 84.8 Å². The summed E-state index contributed by atoms with van der Waals surface area (Å²) in [5, 5.41) is 27.2. The summed E-state index contributed by atoms with van der Waals surface area (Å²) in [4.78, 5) is 9.81. The van der Waals surface area contributed by atoms with Gasteiger partial charge < -0.3 is 20.6 Å². The second-order valence-corrected chi connectivity index (χ2v) is 3.19. The number of carbonyl (C=O) groups is 1. The van der Waals surface area contributed by atoms with Gasteiger partial charge >= 0.3 is 5.97 Å². The fraction of sp³-hybridized carbons (Fsp3) is 0.889. The molecule has 0 saturated carbocycles. The number of hydrogen-bond donors (Lipinski definition) is 4. The highest BCUT2D eigenvalue weighted by atomic mass is 16.4. The summed E-state index contributed by atoms with van der Waals surface area (Å²) in [6.45, 7) is 5.18. The SMILES string of the molecule is CC(C)CC(=O)O.OCCNCCO. The Balaban J connectivity index is 0. The standard InChI is InChI=1S/C5H10O2.C4H11NO2/c1-4(2)3-5(6)7;6-3-1-5-2-4-7/h4H,3H2,1-2H3,(H,6,7);5-7H,1-4H2. The van der Waals surface area contributed by atoms with Gasteiger partial charge in [0, 0.05) is 19.5 Å². The maximum Gasteiger partial charge on any atom is 0.303 e. The number of aliphatic carboxylic acids is 1. The predicted octanol–water partition coefficient (Wildman–Crippen LogP) is -0.322. The van der Waals surface area contributed by atoms with Gasteiger partial charge in [-0.25, -0.2) is 0 Å². The molecule has 0 saturated heterocycles. The Hall–Kier alpha value is -0.650. The molecule has 0 aliphatic heterocycles. The molecule has 86 valence electrons. The van der Waals surface area contributed by atoms with Gasteiger partial charge in [0.1, 0.15) is 0 Å². The molecular formula is C9H21NO4. The van der Waals surface area contributed by atoms with Gasteiger partial charge in [0.25, 0.3) is 0 Å². The molecule has 0 radical (unpaired) electrons. The van der Waals surface area contributed by atoms with E-state index in [1.165, 1.54) is 0 Å². The monoisotopic (exact) mass is 207 g/mol. The van der Waals surface area contributed by atoms with Gasteiger partial charge in [0.2, 0.25) is 0 Å². The minimum absolute atomic E-state index is 0.139. The van der Waals surface area contributed by atoms with Crippen molar-refractivity contribution in [2.45, 2.75) is 20.3 Å². The largest absolute Gasteiger partial charge is 0.481 e. The molecule has 0 spiro atoms. The third kappa shape index (κ3) is 22.5. The van der Waals surface area contributed by atoms with Gasteiger partial charge in [-0.05, 0) is 5.92 Å². The molecule has 0 fully saturated rings. The number of carboxylic acids is 1. The summed E-state index contributed by atoms with van der Waals surface area (Å²) in [5.74, 6) is -0.438. The Morgan fingerprint density at radius 3 is 1.79 bits per heavy atom. The van der Waals surface area contributed by atoms with Crippen LogP contribution in [0.3, 0.4) is 0 Å². The third-order valence-electron chi connectivity index (χ3n) is 1.16. The van der Waals surface area contributed by atoms with Gasteiger partial charge in [0.05, 0.1) is 13.2 Å². The van der Waals surface area contributed by atoms with E-state index in [-0.39, 0.29) is 25.6 Å². The number of carboxylic acid groups (broad SMARTS) is 1. The summed E-state index contributed by atoms with van der Waals surface area (Å²) < 4.78 is 0. The highest BCUT2D eigenvalue weighted by molar-refractivity contribution is 5.66. The molecule has 0 aromatic carbocycles. The van der Waals surface area contributed by atoms with Gasteiger partial charge in [-0.3, -0.25) is 4.79 Å². The quantitative estimate of drug-likeness (QED) is 0.448. The van der Waals surface area contributed by atoms with E-state index >= 15 is 0 Å². The van der Waals surface area contributed by atoms with Crippen molar-refractivity contribution >= 4 is 5.97 Å². The molecule has 0 aromatic heterocycles. The number of aliphatic hydroxyl groups is 2. The third-order valence-corrected chi connectivity index (χ3v) is 1.16. The number of aliphatic hydroxyl groups excluding tert-OH is 2.